The fourth-order valence-corrected chi connectivity index (χ4v) is 1.93. The first-order valence-corrected chi connectivity index (χ1v) is 6.65. The quantitative estimate of drug-likeness (QED) is 0.694. The molecule has 0 amide bonds. The maximum Gasteiger partial charge on any atom is 0.127 e. The van der Waals surface area contributed by atoms with Gasteiger partial charge in [0, 0.05) is 11.4 Å². The second-order valence-corrected chi connectivity index (χ2v) is 4.57. The predicted molar refractivity (Wildman–Crippen MR) is 82.6 cm³/mol. The zero-order valence-corrected chi connectivity index (χ0v) is 11.3. The third kappa shape index (κ3) is 3.60. The van der Waals surface area contributed by atoms with Crippen LogP contribution in [0.1, 0.15) is 0 Å². The van der Waals surface area contributed by atoms with E-state index in [0.717, 1.165) is 22.9 Å². The van der Waals surface area contributed by atoms with Gasteiger partial charge in [0.25, 0.3) is 0 Å². The first-order valence-electron chi connectivity index (χ1n) is 6.65. The van der Waals surface area contributed by atoms with Crippen molar-refractivity contribution < 1.29 is 9.13 Å². The number of anilines is 2. The van der Waals surface area contributed by atoms with Crippen molar-refractivity contribution in [2.75, 3.05) is 5.32 Å². The van der Waals surface area contributed by atoms with Gasteiger partial charge in [-0.05, 0) is 60.7 Å². The molecule has 0 spiro atoms. The Hall–Kier alpha value is -2.81. The van der Waals surface area contributed by atoms with Crippen LogP contribution in [-0.4, -0.2) is 0 Å². The lowest BCUT2D eigenvalue weighted by Crippen LogP contribution is -1.90. The van der Waals surface area contributed by atoms with Gasteiger partial charge in [-0.1, -0.05) is 18.2 Å². The first kappa shape index (κ1) is 13.2. The van der Waals surface area contributed by atoms with E-state index in [1.54, 1.807) is 12.1 Å². The number of nitrogens with one attached hydrogen (secondary N) is 1. The van der Waals surface area contributed by atoms with Crippen molar-refractivity contribution in [2.24, 2.45) is 0 Å². The predicted octanol–water partition coefficient (Wildman–Crippen LogP) is 5.36. The Morgan fingerprint density at radius 1 is 0.619 bits per heavy atom. The smallest absolute Gasteiger partial charge is 0.127 e. The Kier molecular flexibility index (Phi) is 3.83. The minimum atomic E-state index is -0.243. The van der Waals surface area contributed by atoms with E-state index in [-0.39, 0.29) is 5.82 Å². The molecule has 3 rings (SSSR count). The second-order valence-electron chi connectivity index (χ2n) is 4.57. The van der Waals surface area contributed by atoms with Crippen LogP contribution in [-0.2, 0) is 0 Å². The van der Waals surface area contributed by atoms with Crippen LogP contribution < -0.4 is 10.1 Å². The summed E-state index contributed by atoms with van der Waals surface area (Å²) in [6.07, 6.45) is 0. The molecule has 3 heteroatoms. The molecule has 0 fully saturated rings. The number of rotatable bonds is 4. The molecule has 0 saturated carbocycles. The van der Waals surface area contributed by atoms with Crippen LogP contribution in [0.5, 0.6) is 11.5 Å². The number of para-hydroxylation sites is 1. The molecular formula is C18H14FNO. The van der Waals surface area contributed by atoms with E-state index in [4.69, 9.17) is 4.74 Å². The van der Waals surface area contributed by atoms with Crippen molar-refractivity contribution in [1.29, 1.82) is 0 Å². The molecule has 0 atom stereocenters. The van der Waals surface area contributed by atoms with Gasteiger partial charge in [0.1, 0.15) is 17.3 Å². The largest absolute Gasteiger partial charge is 0.457 e. The highest BCUT2D eigenvalue weighted by Gasteiger charge is 1.98. The van der Waals surface area contributed by atoms with Crippen LogP contribution in [0.15, 0.2) is 78.9 Å². The highest BCUT2D eigenvalue weighted by Crippen LogP contribution is 2.24. The van der Waals surface area contributed by atoms with Gasteiger partial charge in [-0.25, -0.2) is 4.39 Å². The van der Waals surface area contributed by atoms with E-state index >= 15 is 0 Å². The van der Waals surface area contributed by atoms with Gasteiger partial charge in [0.15, 0.2) is 0 Å². The Balaban J connectivity index is 1.68. The van der Waals surface area contributed by atoms with Crippen molar-refractivity contribution >= 4 is 11.4 Å². The normalized spacial score (nSPS) is 10.1. The van der Waals surface area contributed by atoms with Crippen LogP contribution in [0.3, 0.4) is 0 Å². The molecule has 0 heterocycles. The summed E-state index contributed by atoms with van der Waals surface area (Å²) in [4.78, 5) is 0. The molecule has 0 aliphatic heterocycles. The van der Waals surface area contributed by atoms with E-state index in [0.29, 0.717) is 0 Å². The fraction of sp³-hybridized carbons (Fsp3) is 0. The van der Waals surface area contributed by atoms with Crippen LogP contribution in [0, 0.1) is 5.82 Å². The standard InChI is InChI=1S/C18H14FNO/c19-14-6-8-15(9-7-14)20-16-10-12-18(13-11-16)21-17-4-2-1-3-5-17/h1-13,20H. The van der Waals surface area contributed by atoms with Crippen LogP contribution in [0.25, 0.3) is 0 Å². The fourth-order valence-electron chi connectivity index (χ4n) is 1.93. The summed E-state index contributed by atoms with van der Waals surface area (Å²) in [6, 6.07) is 23.5. The lowest BCUT2D eigenvalue weighted by Gasteiger charge is -2.08. The lowest BCUT2D eigenvalue weighted by molar-refractivity contribution is 0.483. The molecule has 0 aromatic heterocycles. The average Bonchev–Trinajstić information content (AvgIpc) is 2.53. The molecule has 0 bridgehead atoms. The van der Waals surface area contributed by atoms with E-state index in [1.807, 2.05) is 54.6 Å². The molecule has 3 aromatic rings. The number of hydrogen-bond acceptors (Lipinski definition) is 2. The third-order valence-corrected chi connectivity index (χ3v) is 2.97. The Labute approximate surface area is 122 Å². The molecule has 3 aromatic carbocycles. The molecule has 0 saturated heterocycles. The summed E-state index contributed by atoms with van der Waals surface area (Å²) in [5.74, 6) is 1.33. The Morgan fingerprint density at radius 3 is 1.76 bits per heavy atom. The summed E-state index contributed by atoms with van der Waals surface area (Å²) in [5.41, 5.74) is 1.76. The summed E-state index contributed by atoms with van der Waals surface area (Å²) < 4.78 is 18.6. The Bertz CT molecular complexity index is 694. The maximum absolute atomic E-state index is 12.8. The van der Waals surface area contributed by atoms with E-state index in [9.17, 15) is 4.39 Å². The summed E-state index contributed by atoms with van der Waals surface area (Å²) in [6.45, 7) is 0. The van der Waals surface area contributed by atoms with Gasteiger partial charge in [0.05, 0.1) is 0 Å². The molecule has 1 N–H and O–H groups in total. The van der Waals surface area contributed by atoms with Crippen molar-refractivity contribution in [1.82, 2.24) is 0 Å². The molecule has 0 radical (unpaired) electrons. The monoisotopic (exact) mass is 279 g/mol. The van der Waals surface area contributed by atoms with Gasteiger partial charge in [-0.3, -0.25) is 0 Å². The SMILES string of the molecule is Fc1ccc(Nc2ccc(Oc3ccccc3)cc2)cc1. The van der Waals surface area contributed by atoms with Crippen LogP contribution >= 0.6 is 0 Å². The molecule has 0 unspecified atom stereocenters. The van der Waals surface area contributed by atoms with Crippen molar-refractivity contribution in [3.05, 3.63) is 84.7 Å². The zero-order valence-electron chi connectivity index (χ0n) is 11.3. The minimum Gasteiger partial charge on any atom is -0.457 e. The summed E-state index contributed by atoms with van der Waals surface area (Å²) >= 11 is 0. The van der Waals surface area contributed by atoms with Crippen molar-refractivity contribution in [3.8, 4) is 11.5 Å². The average molecular weight is 279 g/mol. The van der Waals surface area contributed by atoms with E-state index in [1.165, 1.54) is 12.1 Å². The number of benzene rings is 3. The first-order chi connectivity index (χ1) is 10.3. The Morgan fingerprint density at radius 2 is 1.14 bits per heavy atom. The summed E-state index contributed by atoms with van der Waals surface area (Å²) in [5, 5.41) is 3.20. The maximum atomic E-state index is 12.8. The summed E-state index contributed by atoms with van der Waals surface area (Å²) in [7, 11) is 0. The molecule has 2 nitrogen and oxygen atoms in total. The second kappa shape index (κ2) is 6.09. The number of ether oxygens (including phenoxy) is 1. The molecular weight excluding hydrogens is 265 g/mol. The number of halogens is 1. The van der Waals surface area contributed by atoms with Gasteiger partial charge in [0.2, 0.25) is 0 Å². The molecule has 104 valence electrons. The van der Waals surface area contributed by atoms with Crippen molar-refractivity contribution in [2.45, 2.75) is 0 Å². The molecule has 0 aliphatic carbocycles. The lowest BCUT2D eigenvalue weighted by atomic mass is 10.2. The topological polar surface area (TPSA) is 21.3 Å². The number of hydrogen-bond donors (Lipinski definition) is 1. The van der Waals surface area contributed by atoms with Gasteiger partial charge in [-0.15, -0.1) is 0 Å². The molecule has 21 heavy (non-hydrogen) atoms. The van der Waals surface area contributed by atoms with E-state index < -0.39 is 0 Å². The highest BCUT2D eigenvalue weighted by atomic mass is 19.1. The van der Waals surface area contributed by atoms with Crippen molar-refractivity contribution in [3.63, 3.8) is 0 Å². The van der Waals surface area contributed by atoms with E-state index in [2.05, 4.69) is 5.32 Å². The van der Waals surface area contributed by atoms with Crippen LogP contribution in [0.4, 0.5) is 15.8 Å². The zero-order chi connectivity index (χ0) is 14.5. The molecule has 0 aliphatic rings. The van der Waals surface area contributed by atoms with Gasteiger partial charge < -0.3 is 10.1 Å². The van der Waals surface area contributed by atoms with Crippen LogP contribution in [0.2, 0.25) is 0 Å². The highest BCUT2D eigenvalue weighted by molar-refractivity contribution is 5.60. The van der Waals surface area contributed by atoms with Gasteiger partial charge in [-0.2, -0.15) is 0 Å². The third-order valence-electron chi connectivity index (χ3n) is 2.97. The minimum absolute atomic E-state index is 0.243. The van der Waals surface area contributed by atoms with Gasteiger partial charge >= 0.3 is 0 Å².